The Morgan fingerprint density at radius 2 is 2.15 bits per heavy atom. The number of rotatable bonds is 4. The van der Waals surface area contributed by atoms with Crippen molar-refractivity contribution in [2.24, 2.45) is 0 Å². The second-order valence-electron chi connectivity index (χ2n) is 4.61. The van der Waals surface area contributed by atoms with Gasteiger partial charge in [-0.25, -0.2) is 4.98 Å². The number of fused-ring (bicyclic) bond motifs is 1. The quantitative estimate of drug-likeness (QED) is 0.715. The van der Waals surface area contributed by atoms with Crippen LogP contribution in [0.25, 0.3) is 10.9 Å². The van der Waals surface area contributed by atoms with Gasteiger partial charge in [0.15, 0.2) is 0 Å². The summed E-state index contributed by atoms with van der Waals surface area (Å²) in [6.07, 6.45) is 4.63. The zero-order chi connectivity index (χ0) is 13.9. The standard InChI is InChI=1S/C15H16N4S/c1-2-12(15-18-7-8-20-15)19-13-5-6-17-14-9-10(16)3-4-11(13)14/h3-9,12H,2,16H2,1H3,(H,17,19). The van der Waals surface area contributed by atoms with Gasteiger partial charge in [-0.3, -0.25) is 4.98 Å². The van der Waals surface area contributed by atoms with E-state index in [4.69, 9.17) is 5.73 Å². The lowest BCUT2D eigenvalue weighted by Crippen LogP contribution is -2.09. The summed E-state index contributed by atoms with van der Waals surface area (Å²) in [7, 11) is 0. The van der Waals surface area contributed by atoms with Crippen LogP contribution >= 0.6 is 11.3 Å². The zero-order valence-electron chi connectivity index (χ0n) is 11.2. The van der Waals surface area contributed by atoms with E-state index in [0.29, 0.717) is 0 Å². The van der Waals surface area contributed by atoms with Crippen LogP contribution < -0.4 is 11.1 Å². The lowest BCUT2D eigenvalue weighted by Gasteiger charge is -2.17. The van der Waals surface area contributed by atoms with Crippen LogP contribution in [0.3, 0.4) is 0 Å². The molecule has 0 aliphatic rings. The summed E-state index contributed by atoms with van der Waals surface area (Å²) < 4.78 is 0. The molecule has 1 aromatic carbocycles. The highest BCUT2D eigenvalue weighted by Crippen LogP contribution is 2.29. The van der Waals surface area contributed by atoms with E-state index in [0.717, 1.165) is 33.7 Å². The Hall–Kier alpha value is -2.14. The van der Waals surface area contributed by atoms with Crippen molar-refractivity contribution in [1.29, 1.82) is 0 Å². The molecule has 102 valence electrons. The second kappa shape index (κ2) is 5.46. The van der Waals surface area contributed by atoms with Crippen molar-refractivity contribution in [1.82, 2.24) is 9.97 Å². The van der Waals surface area contributed by atoms with E-state index in [1.54, 1.807) is 17.5 Å². The van der Waals surface area contributed by atoms with Gasteiger partial charge in [0.1, 0.15) is 5.01 Å². The first-order chi connectivity index (χ1) is 9.78. The molecule has 0 fully saturated rings. The third kappa shape index (κ3) is 2.44. The van der Waals surface area contributed by atoms with Crippen LogP contribution in [0, 0.1) is 0 Å². The molecule has 0 aliphatic heterocycles. The van der Waals surface area contributed by atoms with E-state index in [1.807, 2.05) is 35.8 Å². The lowest BCUT2D eigenvalue weighted by molar-refractivity contribution is 0.743. The lowest BCUT2D eigenvalue weighted by atomic mass is 10.1. The normalized spacial score (nSPS) is 12.4. The number of nitrogens with zero attached hydrogens (tertiary/aromatic N) is 2. The van der Waals surface area contributed by atoms with Gasteiger partial charge < -0.3 is 11.1 Å². The zero-order valence-corrected chi connectivity index (χ0v) is 12.0. The predicted molar refractivity (Wildman–Crippen MR) is 84.9 cm³/mol. The molecule has 3 N–H and O–H groups in total. The molecular formula is C15H16N4S. The Morgan fingerprint density at radius 1 is 1.25 bits per heavy atom. The van der Waals surface area contributed by atoms with Crippen LogP contribution in [-0.4, -0.2) is 9.97 Å². The van der Waals surface area contributed by atoms with Gasteiger partial charge in [0.25, 0.3) is 0 Å². The Kier molecular flexibility index (Phi) is 3.52. The molecule has 0 saturated carbocycles. The topological polar surface area (TPSA) is 63.8 Å². The van der Waals surface area contributed by atoms with Gasteiger partial charge >= 0.3 is 0 Å². The highest BCUT2D eigenvalue weighted by molar-refractivity contribution is 7.09. The average Bonchev–Trinajstić information content (AvgIpc) is 2.98. The number of nitrogens with two attached hydrogens (primary N) is 1. The third-order valence-corrected chi connectivity index (χ3v) is 4.14. The van der Waals surface area contributed by atoms with Gasteiger partial charge in [-0.2, -0.15) is 0 Å². The predicted octanol–water partition coefficient (Wildman–Crippen LogP) is 3.84. The number of hydrogen-bond acceptors (Lipinski definition) is 5. The van der Waals surface area contributed by atoms with Crippen molar-refractivity contribution < 1.29 is 0 Å². The minimum atomic E-state index is 0.221. The molecule has 0 bridgehead atoms. The van der Waals surface area contributed by atoms with Gasteiger partial charge in [-0.1, -0.05) is 6.92 Å². The second-order valence-corrected chi connectivity index (χ2v) is 5.54. The number of thiazole rings is 1. The van der Waals surface area contributed by atoms with E-state index in [9.17, 15) is 0 Å². The van der Waals surface area contributed by atoms with Crippen molar-refractivity contribution in [3.63, 3.8) is 0 Å². The molecule has 20 heavy (non-hydrogen) atoms. The minimum Gasteiger partial charge on any atom is -0.399 e. The van der Waals surface area contributed by atoms with Crippen LogP contribution in [0.4, 0.5) is 11.4 Å². The monoisotopic (exact) mass is 284 g/mol. The number of pyridine rings is 1. The number of anilines is 2. The van der Waals surface area contributed by atoms with E-state index in [1.165, 1.54) is 0 Å². The Bertz CT molecular complexity index is 709. The number of hydrogen-bond donors (Lipinski definition) is 2. The van der Waals surface area contributed by atoms with Gasteiger partial charge in [0.2, 0.25) is 0 Å². The largest absolute Gasteiger partial charge is 0.399 e. The van der Waals surface area contributed by atoms with Gasteiger partial charge in [0.05, 0.1) is 11.6 Å². The van der Waals surface area contributed by atoms with Crippen LogP contribution in [0.15, 0.2) is 42.0 Å². The van der Waals surface area contributed by atoms with Gasteiger partial charge in [0, 0.05) is 34.5 Å². The highest BCUT2D eigenvalue weighted by Gasteiger charge is 2.13. The van der Waals surface area contributed by atoms with Gasteiger partial charge in [-0.05, 0) is 30.7 Å². The number of nitrogen functional groups attached to an aromatic ring is 1. The summed E-state index contributed by atoms with van der Waals surface area (Å²) in [5.74, 6) is 0. The van der Waals surface area contributed by atoms with E-state index in [2.05, 4.69) is 22.2 Å². The van der Waals surface area contributed by atoms with E-state index >= 15 is 0 Å². The maximum atomic E-state index is 5.81. The van der Waals surface area contributed by atoms with E-state index in [-0.39, 0.29) is 6.04 Å². The van der Waals surface area contributed by atoms with Gasteiger partial charge in [-0.15, -0.1) is 11.3 Å². The summed E-state index contributed by atoms with van der Waals surface area (Å²) in [6.45, 7) is 2.15. The molecule has 1 unspecified atom stereocenters. The number of aromatic nitrogens is 2. The number of benzene rings is 1. The van der Waals surface area contributed by atoms with Crippen molar-refractivity contribution in [2.75, 3.05) is 11.1 Å². The summed E-state index contributed by atoms with van der Waals surface area (Å²) in [4.78, 5) is 8.76. The fourth-order valence-corrected chi connectivity index (χ4v) is 3.00. The smallest absolute Gasteiger partial charge is 0.115 e. The summed E-state index contributed by atoms with van der Waals surface area (Å²) >= 11 is 1.67. The van der Waals surface area contributed by atoms with Crippen molar-refractivity contribution in [3.05, 3.63) is 47.0 Å². The molecule has 0 saturated heterocycles. The first kappa shape index (κ1) is 12.9. The van der Waals surface area contributed by atoms with Crippen LogP contribution in [0.5, 0.6) is 0 Å². The average molecular weight is 284 g/mol. The molecule has 0 aliphatic carbocycles. The third-order valence-electron chi connectivity index (χ3n) is 3.25. The molecule has 3 rings (SSSR count). The maximum Gasteiger partial charge on any atom is 0.115 e. The maximum absolute atomic E-state index is 5.81. The molecule has 2 heterocycles. The molecule has 0 spiro atoms. The summed E-state index contributed by atoms with van der Waals surface area (Å²) in [5.41, 5.74) is 8.51. The van der Waals surface area contributed by atoms with Crippen LogP contribution in [0.1, 0.15) is 24.4 Å². The Labute approximate surface area is 121 Å². The van der Waals surface area contributed by atoms with Crippen LogP contribution in [-0.2, 0) is 0 Å². The molecule has 0 amide bonds. The molecule has 2 aromatic heterocycles. The molecular weight excluding hydrogens is 268 g/mol. The Morgan fingerprint density at radius 3 is 2.90 bits per heavy atom. The minimum absolute atomic E-state index is 0.221. The van der Waals surface area contributed by atoms with Crippen LogP contribution in [0.2, 0.25) is 0 Å². The molecule has 1 atom stereocenters. The van der Waals surface area contributed by atoms with Crippen molar-refractivity contribution in [3.8, 4) is 0 Å². The van der Waals surface area contributed by atoms with Crippen molar-refractivity contribution >= 4 is 33.6 Å². The summed E-state index contributed by atoms with van der Waals surface area (Å²) in [5, 5.41) is 7.75. The number of nitrogens with one attached hydrogen (secondary N) is 1. The SMILES string of the molecule is CCC(Nc1ccnc2cc(N)ccc12)c1nccs1. The molecule has 0 radical (unpaired) electrons. The summed E-state index contributed by atoms with van der Waals surface area (Å²) in [6, 6.07) is 8.02. The highest BCUT2D eigenvalue weighted by atomic mass is 32.1. The van der Waals surface area contributed by atoms with Crippen molar-refractivity contribution in [2.45, 2.75) is 19.4 Å². The molecule has 4 nitrogen and oxygen atoms in total. The Balaban J connectivity index is 1.98. The first-order valence-corrected chi connectivity index (χ1v) is 7.46. The molecule has 3 aromatic rings. The fraction of sp³-hybridized carbons (Fsp3) is 0.200. The fourth-order valence-electron chi connectivity index (χ4n) is 2.22. The first-order valence-electron chi connectivity index (χ1n) is 6.58. The molecule has 5 heteroatoms. The van der Waals surface area contributed by atoms with E-state index < -0.39 is 0 Å².